The predicted molar refractivity (Wildman–Crippen MR) is 132 cm³/mol. The lowest BCUT2D eigenvalue weighted by atomic mass is 10.2. The van der Waals surface area contributed by atoms with Crippen molar-refractivity contribution in [2.75, 3.05) is 7.11 Å². The summed E-state index contributed by atoms with van der Waals surface area (Å²) in [5.74, 6) is 0.855. The molecule has 0 atom stereocenters. The Hall–Kier alpha value is -3.07. The number of carbonyl (C=O) groups is 1. The zero-order valence-corrected chi connectivity index (χ0v) is 20.3. The lowest BCUT2D eigenvalue weighted by molar-refractivity contribution is 0.0946. The van der Waals surface area contributed by atoms with Crippen LogP contribution in [0.1, 0.15) is 21.7 Å². The van der Waals surface area contributed by atoms with Crippen LogP contribution in [0.5, 0.6) is 5.75 Å². The van der Waals surface area contributed by atoms with E-state index in [-0.39, 0.29) is 18.3 Å². The monoisotopic (exact) mass is 516 g/mol. The smallest absolute Gasteiger partial charge is 0.255 e. The fourth-order valence-corrected chi connectivity index (χ4v) is 4.51. The summed E-state index contributed by atoms with van der Waals surface area (Å²) in [6.07, 6.45) is 0. The molecule has 34 heavy (non-hydrogen) atoms. The van der Waals surface area contributed by atoms with Gasteiger partial charge in [-0.1, -0.05) is 59.2 Å². The van der Waals surface area contributed by atoms with Gasteiger partial charge in [-0.25, -0.2) is 4.39 Å². The van der Waals surface area contributed by atoms with Gasteiger partial charge in [0.25, 0.3) is 5.91 Å². The molecule has 174 valence electrons. The van der Waals surface area contributed by atoms with Crippen molar-refractivity contribution in [3.63, 3.8) is 0 Å². The molecule has 0 aliphatic rings. The average Bonchev–Trinajstić information content (AvgIpc) is 3.26. The molecule has 10 heteroatoms. The molecule has 0 saturated heterocycles. The predicted octanol–water partition coefficient (Wildman–Crippen LogP) is 5.94. The van der Waals surface area contributed by atoms with Gasteiger partial charge in [0.2, 0.25) is 0 Å². The van der Waals surface area contributed by atoms with Gasteiger partial charge in [0.15, 0.2) is 11.0 Å². The Morgan fingerprint density at radius 1 is 1.09 bits per heavy atom. The highest BCUT2D eigenvalue weighted by Gasteiger charge is 2.19. The van der Waals surface area contributed by atoms with E-state index in [1.165, 1.54) is 31.0 Å². The molecule has 4 aromatic rings. The lowest BCUT2D eigenvalue weighted by Gasteiger charge is -2.13. The largest absolute Gasteiger partial charge is 0.496 e. The van der Waals surface area contributed by atoms with Crippen molar-refractivity contribution >= 4 is 40.9 Å². The molecule has 4 rings (SSSR count). The van der Waals surface area contributed by atoms with Crippen molar-refractivity contribution in [2.45, 2.75) is 17.5 Å². The second kappa shape index (κ2) is 10.9. The van der Waals surface area contributed by atoms with Gasteiger partial charge in [-0.15, -0.1) is 10.2 Å². The van der Waals surface area contributed by atoms with Crippen LogP contribution in [0, 0.1) is 5.82 Å². The molecule has 0 saturated carbocycles. The number of hydrogen-bond acceptors (Lipinski definition) is 5. The highest BCUT2D eigenvalue weighted by molar-refractivity contribution is 7.98. The number of methoxy groups -OCH3 is 1. The SMILES string of the molecule is COc1ccccc1C(=O)NCc1nnc(SCc2ccc(F)cc2)n1-c1cc(Cl)ccc1Cl. The molecule has 6 nitrogen and oxygen atoms in total. The first-order valence-corrected chi connectivity index (χ1v) is 11.9. The van der Waals surface area contributed by atoms with Crippen LogP contribution in [-0.2, 0) is 12.3 Å². The molecule has 0 aliphatic carbocycles. The van der Waals surface area contributed by atoms with Gasteiger partial charge in [0.05, 0.1) is 29.9 Å². The third kappa shape index (κ3) is 5.52. The van der Waals surface area contributed by atoms with Crippen molar-refractivity contribution in [2.24, 2.45) is 0 Å². The molecular weight excluding hydrogens is 498 g/mol. The van der Waals surface area contributed by atoms with E-state index in [9.17, 15) is 9.18 Å². The number of thioether (sulfide) groups is 1. The number of nitrogens with one attached hydrogen (secondary N) is 1. The van der Waals surface area contributed by atoms with Crippen LogP contribution in [0.15, 0.2) is 71.9 Å². The Morgan fingerprint density at radius 2 is 1.85 bits per heavy atom. The molecule has 1 N–H and O–H groups in total. The van der Waals surface area contributed by atoms with Crippen LogP contribution in [0.3, 0.4) is 0 Å². The number of carbonyl (C=O) groups excluding carboxylic acids is 1. The van der Waals surface area contributed by atoms with Crippen LogP contribution in [0.2, 0.25) is 10.0 Å². The second-order valence-electron chi connectivity index (χ2n) is 7.13. The Morgan fingerprint density at radius 3 is 2.62 bits per heavy atom. The minimum Gasteiger partial charge on any atom is -0.496 e. The first-order valence-electron chi connectivity index (χ1n) is 10.1. The zero-order valence-electron chi connectivity index (χ0n) is 18.0. The fraction of sp³-hybridized carbons (Fsp3) is 0.125. The molecule has 0 radical (unpaired) electrons. The summed E-state index contributed by atoms with van der Waals surface area (Å²) in [4.78, 5) is 12.8. The van der Waals surface area contributed by atoms with Crippen molar-refractivity contribution in [3.8, 4) is 11.4 Å². The number of rotatable bonds is 8. The summed E-state index contributed by atoms with van der Waals surface area (Å²) in [6, 6.07) is 18.3. The molecule has 3 aromatic carbocycles. The van der Waals surface area contributed by atoms with E-state index in [1.807, 2.05) is 0 Å². The number of aromatic nitrogens is 3. The minimum atomic E-state index is -0.315. The van der Waals surface area contributed by atoms with Gasteiger partial charge in [-0.3, -0.25) is 9.36 Å². The molecule has 0 fully saturated rings. The van der Waals surface area contributed by atoms with Crippen LogP contribution in [0.25, 0.3) is 5.69 Å². The maximum absolute atomic E-state index is 13.2. The lowest BCUT2D eigenvalue weighted by Crippen LogP contribution is -2.25. The van der Waals surface area contributed by atoms with Gasteiger partial charge < -0.3 is 10.1 Å². The number of halogens is 3. The van der Waals surface area contributed by atoms with E-state index < -0.39 is 0 Å². The molecular formula is C24H19Cl2FN4O2S. The molecule has 0 spiro atoms. The van der Waals surface area contributed by atoms with Crippen molar-refractivity contribution in [3.05, 3.63) is 99.5 Å². The Balaban J connectivity index is 1.62. The molecule has 1 amide bonds. The third-order valence-electron chi connectivity index (χ3n) is 4.89. The van der Waals surface area contributed by atoms with E-state index in [1.54, 1.807) is 59.2 Å². The number of para-hydroxylation sites is 1. The van der Waals surface area contributed by atoms with Crippen LogP contribution in [-0.4, -0.2) is 27.8 Å². The summed E-state index contributed by atoms with van der Waals surface area (Å²) in [5, 5.41) is 12.9. The van der Waals surface area contributed by atoms with Crippen molar-refractivity contribution in [1.29, 1.82) is 0 Å². The topological polar surface area (TPSA) is 69.0 Å². The number of ether oxygens (including phenoxy) is 1. The minimum absolute atomic E-state index is 0.0871. The molecule has 0 unspecified atom stereocenters. The van der Waals surface area contributed by atoms with Crippen LogP contribution in [0.4, 0.5) is 4.39 Å². The maximum Gasteiger partial charge on any atom is 0.255 e. The normalized spacial score (nSPS) is 10.8. The number of hydrogen-bond donors (Lipinski definition) is 1. The standard InChI is InChI=1S/C24H19Cl2FN4O2S/c1-33-21-5-3-2-4-18(21)23(32)28-13-22-29-30-24(34-14-15-6-9-17(27)10-7-15)31(22)20-12-16(25)8-11-19(20)26/h2-12H,13-14H2,1H3,(H,28,32). The van der Waals surface area contributed by atoms with E-state index in [0.29, 0.717) is 43.8 Å². The number of benzene rings is 3. The first-order chi connectivity index (χ1) is 16.5. The summed E-state index contributed by atoms with van der Waals surface area (Å²) in [6.45, 7) is 0.0871. The molecule has 0 bridgehead atoms. The Kier molecular flexibility index (Phi) is 7.72. The van der Waals surface area contributed by atoms with E-state index in [4.69, 9.17) is 27.9 Å². The van der Waals surface area contributed by atoms with E-state index in [0.717, 1.165) is 5.56 Å². The summed E-state index contributed by atoms with van der Waals surface area (Å²) in [7, 11) is 1.51. The fourth-order valence-electron chi connectivity index (χ4n) is 3.22. The summed E-state index contributed by atoms with van der Waals surface area (Å²) < 4.78 is 20.3. The Labute approximate surface area is 210 Å². The van der Waals surface area contributed by atoms with Crippen LogP contribution >= 0.6 is 35.0 Å². The van der Waals surface area contributed by atoms with Crippen molar-refractivity contribution < 1.29 is 13.9 Å². The zero-order chi connectivity index (χ0) is 24.1. The van der Waals surface area contributed by atoms with Gasteiger partial charge in [-0.05, 0) is 48.0 Å². The first kappa shape index (κ1) is 24.1. The average molecular weight is 517 g/mol. The third-order valence-corrected chi connectivity index (χ3v) is 6.44. The Bertz CT molecular complexity index is 1310. The van der Waals surface area contributed by atoms with Gasteiger partial charge in [0, 0.05) is 10.8 Å². The highest BCUT2D eigenvalue weighted by Crippen LogP contribution is 2.31. The second-order valence-corrected chi connectivity index (χ2v) is 8.91. The summed E-state index contributed by atoms with van der Waals surface area (Å²) >= 11 is 14.1. The van der Waals surface area contributed by atoms with E-state index >= 15 is 0 Å². The van der Waals surface area contributed by atoms with Gasteiger partial charge in [-0.2, -0.15) is 0 Å². The number of amides is 1. The number of nitrogens with zero attached hydrogens (tertiary/aromatic N) is 3. The van der Waals surface area contributed by atoms with Crippen molar-refractivity contribution in [1.82, 2.24) is 20.1 Å². The maximum atomic E-state index is 13.2. The molecule has 1 aromatic heterocycles. The summed E-state index contributed by atoms with van der Waals surface area (Å²) in [5.41, 5.74) is 1.91. The highest BCUT2D eigenvalue weighted by atomic mass is 35.5. The van der Waals surface area contributed by atoms with Gasteiger partial charge >= 0.3 is 0 Å². The van der Waals surface area contributed by atoms with Gasteiger partial charge in [0.1, 0.15) is 11.6 Å². The quantitative estimate of drug-likeness (QED) is 0.293. The van der Waals surface area contributed by atoms with Crippen LogP contribution < -0.4 is 10.1 Å². The molecule has 1 heterocycles. The van der Waals surface area contributed by atoms with E-state index in [2.05, 4.69) is 15.5 Å². The molecule has 0 aliphatic heterocycles.